The molecular weight excluding hydrogens is 168 g/mol. The molecule has 1 aliphatic heterocycles. The van der Waals surface area contributed by atoms with Crippen LogP contribution in [0.25, 0.3) is 0 Å². The van der Waals surface area contributed by atoms with Gasteiger partial charge < -0.3 is 4.74 Å². The average molecular weight is 186 g/mol. The highest BCUT2D eigenvalue weighted by atomic mass is 32.2. The Kier molecular flexibility index (Phi) is 3.51. The van der Waals surface area contributed by atoms with Crippen LogP contribution in [0, 0.1) is 5.41 Å². The molecule has 0 amide bonds. The van der Waals surface area contributed by atoms with Gasteiger partial charge in [-0.1, -0.05) is 6.92 Å². The number of hydrogen-bond acceptors (Lipinski definition) is 2. The van der Waals surface area contributed by atoms with E-state index in [0.717, 1.165) is 6.61 Å². The molecule has 0 unspecified atom stereocenters. The van der Waals surface area contributed by atoms with Crippen LogP contribution in [0.3, 0.4) is 0 Å². The van der Waals surface area contributed by atoms with Gasteiger partial charge in [-0.2, -0.15) is 11.8 Å². The number of ether oxygens (including phenoxy) is 1. The molecule has 0 aromatic rings. The third kappa shape index (κ3) is 3.10. The minimum absolute atomic E-state index is 0.570. The Morgan fingerprint density at radius 3 is 2.58 bits per heavy atom. The van der Waals surface area contributed by atoms with E-state index in [0.29, 0.717) is 5.41 Å². The third-order valence-corrected chi connectivity index (χ3v) is 3.85. The van der Waals surface area contributed by atoms with Crippen molar-refractivity contribution in [2.45, 2.75) is 27.2 Å². The molecular formula is C10H18OS. The minimum Gasteiger partial charge on any atom is -0.501 e. The second-order valence-electron chi connectivity index (χ2n) is 4.12. The van der Waals surface area contributed by atoms with Crippen molar-refractivity contribution in [2.75, 3.05) is 18.1 Å². The molecule has 12 heavy (non-hydrogen) atoms. The molecule has 0 spiro atoms. The molecule has 70 valence electrons. The van der Waals surface area contributed by atoms with Crippen molar-refractivity contribution >= 4 is 11.8 Å². The van der Waals surface area contributed by atoms with Gasteiger partial charge in [0.25, 0.3) is 0 Å². The lowest BCUT2D eigenvalue weighted by atomic mass is 9.91. The monoisotopic (exact) mass is 186 g/mol. The van der Waals surface area contributed by atoms with Gasteiger partial charge in [-0.15, -0.1) is 0 Å². The topological polar surface area (TPSA) is 9.23 Å². The van der Waals surface area contributed by atoms with Gasteiger partial charge in [0.2, 0.25) is 0 Å². The molecule has 0 radical (unpaired) electrons. The second kappa shape index (κ2) is 4.22. The molecule has 1 rings (SSSR count). The van der Waals surface area contributed by atoms with Gasteiger partial charge in [0.1, 0.15) is 0 Å². The van der Waals surface area contributed by atoms with Crippen molar-refractivity contribution in [2.24, 2.45) is 5.41 Å². The molecule has 0 atom stereocenters. The lowest BCUT2D eigenvalue weighted by Crippen LogP contribution is -2.33. The largest absolute Gasteiger partial charge is 0.501 e. The zero-order valence-corrected chi connectivity index (χ0v) is 9.04. The summed E-state index contributed by atoms with van der Waals surface area (Å²) in [6, 6.07) is 0. The highest BCUT2D eigenvalue weighted by Gasteiger charge is 2.31. The van der Waals surface area contributed by atoms with Crippen LogP contribution in [0.4, 0.5) is 0 Å². The second-order valence-corrected chi connectivity index (χ2v) is 5.11. The lowest BCUT2D eigenvalue weighted by molar-refractivity contribution is 0.194. The molecule has 0 bridgehead atoms. The molecule has 0 aromatic carbocycles. The van der Waals surface area contributed by atoms with E-state index >= 15 is 0 Å². The average Bonchev–Trinajstić information content (AvgIpc) is 1.94. The van der Waals surface area contributed by atoms with Crippen molar-refractivity contribution in [1.29, 1.82) is 0 Å². The van der Waals surface area contributed by atoms with Crippen LogP contribution >= 0.6 is 11.8 Å². The summed E-state index contributed by atoms with van der Waals surface area (Å²) in [5, 5.41) is 0. The standard InChI is InChI=1S/C10H18OS/c1-9(2)6-11-5-4-10(3)7-12-8-10/h6H,4-5,7-8H2,1-3H3. The third-order valence-electron chi connectivity index (χ3n) is 2.04. The maximum Gasteiger partial charge on any atom is 0.0879 e. The van der Waals surface area contributed by atoms with Gasteiger partial charge in [-0.3, -0.25) is 0 Å². The molecule has 0 aliphatic carbocycles. The highest BCUT2D eigenvalue weighted by molar-refractivity contribution is 8.00. The Labute approximate surface area is 79.6 Å². The van der Waals surface area contributed by atoms with Crippen LogP contribution in [-0.4, -0.2) is 18.1 Å². The Bertz CT molecular complexity index is 167. The first-order valence-corrected chi connectivity index (χ1v) is 5.61. The lowest BCUT2D eigenvalue weighted by Gasteiger charge is -2.37. The molecule has 1 saturated heterocycles. The Balaban J connectivity index is 2.06. The van der Waals surface area contributed by atoms with E-state index < -0.39 is 0 Å². The van der Waals surface area contributed by atoms with Gasteiger partial charge in [-0.05, 0) is 42.8 Å². The van der Waals surface area contributed by atoms with Crippen LogP contribution < -0.4 is 0 Å². The van der Waals surface area contributed by atoms with Crippen molar-refractivity contribution in [3.8, 4) is 0 Å². The van der Waals surface area contributed by atoms with Gasteiger partial charge in [0.15, 0.2) is 0 Å². The number of thioether (sulfide) groups is 1. The van der Waals surface area contributed by atoms with Crippen molar-refractivity contribution in [3.63, 3.8) is 0 Å². The summed E-state index contributed by atoms with van der Waals surface area (Å²) in [5.74, 6) is 2.62. The number of rotatable bonds is 4. The predicted molar refractivity (Wildman–Crippen MR) is 55.4 cm³/mol. The normalized spacial score (nSPS) is 19.6. The quantitative estimate of drug-likeness (QED) is 0.493. The smallest absolute Gasteiger partial charge is 0.0879 e. The summed E-state index contributed by atoms with van der Waals surface area (Å²) in [7, 11) is 0. The summed E-state index contributed by atoms with van der Waals surface area (Å²) < 4.78 is 5.40. The maximum absolute atomic E-state index is 5.40. The number of allylic oxidation sites excluding steroid dienone is 1. The summed E-state index contributed by atoms with van der Waals surface area (Å²) >= 11 is 2.04. The number of hydrogen-bond donors (Lipinski definition) is 0. The molecule has 1 aliphatic rings. The predicted octanol–water partition coefficient (Wildman–Crippen LogP) is 3.07. The first-order chi connectivity index (χ1) is 5.62. The van der Waals surface area contributed by atoms with Crippen LogP contribution in [-0.2, 0) is 4.74 Å². The Hall–Kier alpha value is -0.110. The van der Waals surface area contributed by atoms with Gasteiger partial charge in [0, 0.05) is 0 Å². The summed E-state index contributed by atoms with van der Waals surface area (Å²) in [6.07, 6.45) is 3.05. The molecule has 0 aromatic heterocycles. The summed E-state index contributed by atoms with van der Waals surface area (Å²) in [4.78, 5) is 0. The molecule has 0 N–H and O–H groups in total. The molecule has 1 fully saturated rings. The SMILES string of the molecule is CC(C)=COCCC1(C)CSC1. The molecule has 1 heterocycles. The molecule has 1 nitrogen and oxygen atoms in total. The zero-order valence-electron chi connectivity index (χ0n) is 8.22. The Morgan fingerprint density at radius 2 is 2.17 bits per heavy atom. The maximum atomic E-state index is 5.40. The Morgan fingerprint density at radius 1 is 1.50 bits per heavy atom. The fourth-order valence-corrected chi connectivity index (χ4v) is 2.32. The van der Waals surface area contributed by atoms with E-state index in [1.165, 1.54) is 23.5 Å². The van der Waals surface area contributed by atoms with E-state index in [1.54, 1.807) is 0 Å². The van der Waals surface area contributed by atoms with Gasteiger partial charge >= 0.3 is 0 Å². The van der Waals surface area contributed by atoms with Crippen molar-refractivity contribution in [1.82, 2.24) is 0 Å². The minimum atomic E-state index is 0.570. The van der Waals surface area contributed by atoms with E-state index in [4.69, 9.17) is 4.74 Å². The van der Waals surface area contributed by atoms with Crippen LogP contribution in [0.5, 0.6) is 0 Å². The van der Waals surface area contributed by atoms with E-state index in [2.05, 4.69) is 20.8 Å². The van der Waals surface area contributed by atoms with Gasteiger partial charge in [-0.25, -0.2) is 0 Å². The fourth-order valence-electron chi connectivity index (χ4n) is 1.13. The van der Waals surface area contributed by atoms with Gasteiger partial charge in [0.05, 0.1) is 12.9 Å². The van der Waals surface area contributed by atoms with E-state index in [9.17, 15) is 0 Å². The molecule has 0 saturated carbocycles. The van der Waals surface area contributed by atoms with Crippen LogP contribution in [0.2, 0.25) is 0 Å². The van der Waals surface area contributed by atoms with Crippen LogP contribution in [0.15, 0.2) is 11.8 Å². The summed E-state index contributed by atoms with van der Waals surface area (Å²) in [6.45, 7) is 7.33. The summed E-state index contributed by atoms with van der Waals surface area (Å²) in [5.41, 5.74) is 1.81. The first kappa shape index (κ1) is 9.97. The van der Waals surface area contributed by atoms with Crippen LogP contribution in [0.1, 0.15) is 27.2 Å². The first-order valence-electron chi connectivity index (χ1n) is 4.45. The van der Waals surface area contributed by atoms with Crippen molar-refractivity contribution in [3.05, 3.63) is 11.8 Å². The van der Waals surface area contributed by atoms with Crippen molar-refractivity contribution < 1.29 is 4.74 Å². The fraction of sp³-hybridized carbons (Fsp3) is 0.800. The van der Waals surface area contributed by atoms with E-state index in [1.807, 2.05) is 18.0 Å². The zero-order chi connectivity index (χ0) is 9.03. The molecule has 2 heteroatoms. The van der Waals surface area contributed by atoms with E-state index in [-0.39, 0.29) is 0 Å². The highest BCUT2D eigenvalue weighted by Crippen LogP contribution is 2.40.